The summed E-state index contributed by atoms with van der Waals surface area (Å²) in [5.74, 6) is 0. The number of rotatable bonds is 0. The van der Waals surface area contributed by atoms with Crippen LogP contribution in [-0.2, 0) is 25.7 Å². The first-order valence-electron chi connectivity index (χ1n) is 4.55. The van der Waals surface area contributed by atoms with Crippen molar-refractivity contribution in [1.29, 1.82) is 0 Å². The van der Waals surface area contributed by atoms with Crippen molar-refractivity contribution < 1.29 is 32.6 Å². The predicted molar refractivity (Wildman–Crippen MR) is 61.3 cm³/mol. The van der Waals surface area contributed by atoms with Crippen molar-refractivity contribution >= 4 is 18.9 Å². The fourth-order valence-electron chi connectivity index (χ4n) is 0.912. The Kier molecular flexibility index (Phi) is 11.4. The van der Waals surface area contributed by atoms with Crippen molar-refractivity contribution in [2.75, 3.05) is 0 Å². The Labute approximate surface area is 130 Å². The summed E-state index contributed by atoms with van der Waals surface area (Å²) < 4.78 is 35.3. The fourth-order valence-corrected chi connectivity index (χ4v) is 0.912. The van der Waals surface area contributed by atoms with Gasteiger partial charge < -0.3 is 0 Å². The van der Waals surface area contributed by atoms with E-state index >= 15 is 0 Å². The monoisotopic (exact) mass is 293 g/mol. The third-order valence-electron chi connectivity index (χ3n) is 1.62. The van der Waals surface area contributed by atoms with Gasteiger partial charge in [0.25, 0.3) is 0 Å². The summed E-state index contributed by atoms with van der Waals surface area (Å²) in [7, 11) is 0. The molecular formula is C13H9F3LiZn. The van der Waals surface area contributed by atoms with Gasteiger partial charge in [0.05, 0.1) is 0 Å². The zero-order valence-corrected chi connectivity index (χ0v) is 13.0. The molecule has 1 radical (unpaired) electrons. The van der Waals surface area contributed by atoms with Gasteiger partial charge in [-0.2, -0.15) is 79.9 Å². The number of hydrogen-bond donors (Lipinski definition) is 0. The van der Waals surface area contributed by atoms with Crippen LogP contribution in [0.4, 0.5) is 13.2 Å². The van der Waals surface area contributed by atoms with E-state index in [-0.39, 0.29) is 38.3 Å². The Bertz CT molecular complexity index is 363. The second-order valence-electron chi connectivity index (χ2n) is 2.85. The maximum atomic E-state index is 11.8. The molecule has 0 heterocycles. The molecule has 0 saturated carbocycles. The Morgan fingerprint density at radius 2 is 1.39 bits per heavy atom. The van der Waals surface area contributed by atoms with E-state index in [1.54, 1.807) is 0 Å². The van der Waals surface area contributed by atoms with Crippen molar-refractivity contribution in [3.8, 4) is 0 Å². The molecule has 2 aromatic carbocycles. The summed E-state index contributed by atoms with van der Waals surface area (Å²) in [5, 5.41) is 0. The average Bonchev–Trinajstić information content (AvgIpc) is 2.32. The SMILES string of the molecule is FC(F)(F)c1[c-]cccc1.[Li].[Zn+2].[c-]1ccccc1. The van der Waals surface area contributed by atoms with Gasteiger partial charge in [0.15, 0.2) is 0 Å². The van der Waals surface area contributed by atoms with Crippen LogP contribution in [0.2, 0.25) is 0 Å². The standard InChI is InChI=1S/C7H4F3.C6H5.Li.Zn/c8-7(9,10)6-4-2-1-3-5-6;1-2-4-6-5-3-1;;/h1-4H;1-5H;;/q2*-1;;+2. The summed E-state index contributed by atoms with van der Waals surface area (Å²) in [4.78, 5) is 0. The van der Waals surface area contributed by atoms with E-state index in [2.05, 4.69) is 12.1 Å². The van der Waals surface area contributed by atoms with E-state index in [0.717, 1.165) is 6.07 Å². The minimum Gasteiger partial charge on any atom is -0.184 e. The minimum absolute atomic E-state index is 0. The smallest absolute Gasteiger partial charge is 0.184 e. The zero-order chi connectivity index (χ0) is 11.9. The Balaban J connectivity index is 0. The minimum atomic E-state index is -4.26. The normalized spacial score (nSPS) is 9.06. The second kappa shape index (κ2) is 10.4. The predicted octanol–water partition coefficient (Wildman–Crippen LogP) is 3.61. The van der Waals surface area contributed by atoms with Gasteiger partial charge in [0.1, 0.15) is 0 Å². The first-order valence-corrected chi connectivity index (χ1v) is 4.55. The first-order chi connectivity index (χ1) is 7.61. The number of halogens is 3. The fraction of sp³-hybridized carbons (Fsp3) is 0.0769. The molecule has 0 atom stereocenters. The molecular weight excluding hydrogens is 285 g/mol. The van der Waals surface area contributed by atoms with Crippen molar-refractivity contribution in [3.63, 3.8) is 0 Å². The van der Waals surface area contributed by atoms with E-state index in [4.69, 9.17) is 0 Å². The average molecular weight is 295 g/mol. The van der Waals surface area contributed by atoms with Crippen LogP contribution in [0.15, 0.2) is 54.6 Å². The molecule has 0 spiro atoms. The van der Waals surface area contributed by atoms with Crippen molar-refractivity contribution in [1.82, 2.24) is 0 Å². The van der Waals surface area contributed by atoms with Crippen LogP contribution in [0.5, 0.6) is 0 Å². The summed E-state index contributed by atoms with van der Waals surface area (Å²) in [5.41, 5.74) is -0.727. The van der Waals surface area contributed by atoms with Gasteiger partial charge in [-0.05, 0) is 0 Å². The molecule has 5 heteroatoms. The summed E-state index contributed by atoms with van der Waals surface area (Å²) in [6.45, 7) is 0. The van der Waals surface area contributed by atoms with E-state index in [0.29, 0.717) is 0 Å². The molecule has 0 aliphatic carbocycles. The molecule has 2 rings (SSSR count). The molecule has 85 valence electrons. The van der Waals surface area contributed by atoms with Gasteiger partial charge in [-0.25, -0.2) is 0 Å². The molecule has 0 bridgehead atoms. The molecule has 0 nitrogen and oxygen atoms in total. The molecule has 0 N–H and O–H groups in total. The van der Waals surface area contributed by atoms with Crippen molar-refractivity contribution in [3.05, 3.63) is 72.3 Å². The van der Waals surface area contributed by atoms with Gasteiger partial charge in [0.2, 0.25) is 0 Å². The van der Waals surface area contributed by atoms with Crippen LogP contribution in [0.25, 0.3) is 0 Å². The third-order valence-corrected chi connectivity index (χ3v) is 1.62. The molecule has 0 aliphatic rings. The molecule has 18 heavy (non-hydrogen) atoms. The molecule has 0 aromatic heterocycles. The number of benzene rings is 2. The molecule has 0 aliphatic heterocycles. The van der Waals surface area contributed by atoms with Crippen LogP contribution >= 0.6 is 0 Å². The second-order valence-corrected chi connectivity index (χ2v) is 2.85. The molecule has 2 aromatic rings. The van der Waals surface area contributed by atoms with E-state index in [1.807, 2.05) is 30.3 Å². The Morgan fingerprint density at radius 1 is 0.833 bits per heavy atom. The van der Waals surface area contributed by atoms with Gasteiger partial charge in [-0.15, -0.1) is 0 Å². The van der Waals surface area contributed by atoms with E-state index < -0.39 is 11.7 Å². The Hall–Kier alpha value is -0.549. The number of alkyl halides is 3. The van der Waals surface area contributed by atoms with E-state index in [9.17, 15) is 13.2 Å². The maximum absolute atomic E-state index is 11.8. The van der Waals surface area contributed by atoms with Crippen LogP contribution in [0.1, 0.15) is 5.56 Å². The zero-order valence-electron chi connectivity index (χ0n) is 10.0. The third kappa shape index (κ3) is 8.53. The van der Waals surface area contributed by atoms with Gasteiger partial charge in [0, 0.05) is 18.9 Å². The van der Waals surface area contributed by atoms with Crippen LogP contribution in [0, 0.1) is 12.1 Å². The topological polar surface area (TPSA) is 0 Å². The van der Waals surface area contributed by atoms with Crippen LogP contribution in [0.3, 0.4) is 0 Å². The van der Waals surface area contributed by atoms with Crippen molar-refractivity contribution in [2.24, 2.45) is 0 Å². The van der Waals surface area contributed by atoms with E-state index in [1.165, 1.54) is 18.2 Å². The quantitative estimate of drug-likeness (QED) is 0.514. The largest absolute Gasteiger partial charge is 2.00 e. The van der Waals surface area contributed by atoms with Gasteiger partial charge >= 0.3 is 25.7 Å². The summed E-state index contributed by atoms with van der Waals surface area (Å²) in [6, 6.07) is 19.6. The molecule has 0 fully saturated rings. The van der Waals surface area contributed by atoms with Crippen molar-refractivity contribution in [2.45, 2.75) is 6.18 Å². The molecule has 0 amide bonds. The van der Waals surface area contributed by atoms with Crippen LogP contribution in [-0.4, -0.2) is 18.9 Å². The summed E-state index contributed by atoms with van der Waals surface area (Å²) in [6.07, 6.45) is -4.26. The molecule has 0 saturated heterocycles. The molecule has 0 unspecified atom stereocenters. The number of hydrogen-bond acceptors (Lipinski definition) is 0. The van der Waals surface area contributed by atoms with Crippen LogP contribution < -0.4 is 0 Å². The van der Waals surface area contributed by atoms with Gasteiger partial charge in [-0.3, -0.25) is 0 Å². The first kappa shape index (κ1) is 19.8. The summed E-state index contributed by atoms with van der Waals surface area (Å²) >= 11 is 0. The Morgan fingerprint density at radius 3 is 1.61 bits per heavy atom. The maximum Gasteiger partial charge on any atom is 2.00 e. The van der Waals surface area contributed by atoms with Gasteiger partial charge in [-0.1, -0.05) is 5.56 Å².